The molecule has 0 bridgehead atoms. The topological polar surface area (TPSA) is 139 Å². The fraction of sp³-hybridized carbons (Fsp3) is 0.435. The monoisotopic (exact) mass is 538 g/mol. The summed E-state index contributed by atoms with van der Waals surface area (Å²) in [4.78, 5) is 15.1. The molecule has 3 N–H and O–H groups in total. The third-order valence-corrected chi connectivity index (χ3v) is 6.40. The summed E-state index contributed by atoms with van der Waals surface area (Å²) < 4.78 is 51.5. The Hall–Kier alpha value is -3.03. The van der Waals surface area contributed by atoms with E-state index in [0.717, 1.165) is 60.7 Å². The second-order valence-electron chi connectivity index (χ2n) is 8.91. The molecule has 0 aliphatic carbocycles. The molecule has 1 fully saturated rings. The summed E-state index contributed by atoms with van der Waals surface area (Å²) in [6, 6.07) is 12.0. The molecule has 1 aliphatic rings. The van der Waals surface area contributed by atoms with Gasteiger partial charge in [-0.15, -0.1) is 0 Å². The number of nitrogens with zero attached hydrogens (tertiary/aromatic N) is 4. The van der Waals surface area contributed by atoms with Crippen molar-refractivity contribution >= 4 is 54.1 Å². The minimum atomic E-state index is -3.67. The number of aromatic nitrogens is 2. The predicted octanol–water partition coefficient (Wildman–Crippen LogP) is 2.61. The molecule has 11 nitrogen and oxygen atoms in total. The molecule has 36 heavy (non-hydrogen) atoms. The number of nitrogens with one attached hydrogen (secondary N) is 2. The Kier molecular flexibility index (Phi) is 8.37. The van der Waals surface area contributed by atoms with Crippen LogP contribution in [0.1, 0.15) is 13.8 Å². The van der Waals surface area contributed by atoms with Gasteiger partial charge in [-0.2, -0.15) is 8.42 Å². The van der Waals surface area contributed by atoms with Crippen LogP contribution in [0.4, 0.5) is 23.0 Å². The molecule has 2 aromatic heterocycles. The first kappa shape index (κ1) is 27.6. The second-order valence-corrected chi connectivity index (χ2v) is 12.1. The molecule has 0 amide bonds. The lowest BCUT2D eigenvalue weighted by Crippen LogP contribution is -2.52. The summed E-state index contributed by atoms with van der Waals surface area (Å²) in [6.07, 6.45) is 3.73. The highest BCUT2D eigenvalue weighted by Crippen LogP contribution is 2.31. The van der Waals surface area contributed by atoms with Gasteiger partial charge in [0, 0.05) is 62.1 Å². The molecule has 1 saturated heterocycles. The molecule has 1 aromatic carbocycles. The number of pyridine rings is 1. The van der Waals surface area contributed by atoms with Crippen LogP contribution in [0.15, 0.2) is 42.6 Å². The summed E-state index contributed by atoms with van der Waals surface area (Å²) in [6.45, 7) is 7.91. The number of aromatic amines is 1. The lowest BCUT2D eigenvalue weighted by atomic mass is 10.1. The van der Waals surface area contributed by atoms with Crippen molar-refractivity contribution in [2.45, 2.75) is 19.9 Å². The number of sulfonamides is 1. The van der Waals surface area contributed by atoms with E-state index in [0.29, 0.717) is 11.9 Å². The average molecular weight is 539 g/mol. The molecule has 198 valence electrons. The largest absolute Gasteiger partial charge is 0.372 e. The van der Waals surface area contributed by atoms with Crippen LogP contribution in [-0.4, -0.2) is 83.1 Å². The Labute approximate surface area is 212 Å². The van der Waals surface area contributed by atoms with Gasteiger partial charge in [0.15, 0.2) is 5.82 Å². The van der Waals surface area contributed by atoms with E-state index in [9.17, 15) is 16.8 Å². The van der Waals surface area contributed by atoms with Crippen LogP contribution in [-0.2, 0) is 20.1 Å². The van der Waals surface area contributed by atoms with Crippen molar-refractivity contribution < 1.29 is 21.4 Å². The smallest absolute Gasteiger partial charge is 0.261 e. The van der Waals surface area contributed by atoms with Crippen LogP contribution in [0, 0.1) is 0 Å². The molecule has 1 atom stereocenters. The number of anilines is 4. The molecule has 3 heterocycles. The number of hydrogen-bond acceptors (Lipinski definition) is 8. The maximum absolute atomic E-state index is 11.5. The van der Waals surface area contributed by atoms with Crippen LogP contribution < -0.4 is 19.4 Å². The van der Waals surface area contributed by atoms with Gasteiger partial charge in [0.05, 0.1) is 18.2 Å². The molecule has 1 unspecified atom stereocenters. The Morgan fingerprint density at radius 1 is 1.17 bits per heavy atom. The minimum absolute atomic E-state index is 0.289. The third-order valence-electron chi connectivity index (χ3n) is 5.80. The second kappa shape index (κ2) is 10.9. The zero-order valence-electron chi connectivity index (χ0n) is 21.1. The summed E-state index contributed by atoms with van der Waals surface area (Å²) in [5.74, 6) is 2.08. The van der Waals surface area contributed by atoms with Crippen molar-refractivity contribution in [1.29, 1.82) is 0 Å². The standard InChI is InChI=1S/C22H30N6O2S.CH4O3S/c1-5-26(3)20-7-6-10-23-22(20)27-11-12-28(16(2)15-27)21-14-17-13-18(25-31(4,29)30)8-9-19(17)24-21;1-5(2,3)4/h6-10,13-14,16,24-25H,5,11-12,15H2,1-4H3;1H3,(H,2,3,4). The lowest BCUT2D eigenvalue weighted by molar-refractivity contribution is 0.490. The van der Waals surface area contributed by atoms with E-state index in [1.807, 2.05) is 24.4 Å². The Balaban J connectivity index is 0.000000658. The molecule has 0 radical (unpaired) electrons. The van der Waals surface area contributed by atoms with Crippen molar-refractivity contribution in [3.8, 4) is 0 Å². The maximum Gasteiger partial charge on any atom is 0.261 e. The van der Waals surface area contributed by atoms with E-state index in [2.05, 4.69) is 62.4 Å². The fourth-order valence-electron chi connectivity index (χ4n) is 4.16. The van der Waals surface area contributed by atoms with Gasteiger partial charge >= 0.3 is 0 Å². The van der Waals surface area contributed by atoms with Gasteiger partial charge in [0.1, 0.15) is 5.82 Å². The van der Waals surface area contributed by atoms with E-state index in [4.69, 9.17) is 4.55 Å². The average Bonchev–Trinajstić information content (AvgIpc) is 3.19. The molecule has 0 saturated carbocycles. The molecule has 3 aromatic rings. The van der Waals surface area contributed by atoms with Crippen LogP contribution >= 0.6 is 0 Å². The number of H-pyrrole nitrogens is 1. The SMILES string of the molecule is CCN(C)c1cccnc1N1CCN(c2cc3cc(NS(C)(=O)=O)ccc3[nH]2)C(C)C1.CS(=O)(=O)O. The van der Waals surface area contributed by atoms with Crippen LogP contribution in [0.2, 0.25) is 0 Å². The van der Waals surface area contributed by atoms with Crippen molar-refractivity contribution in [3.63, 3.8) is 0 Å². The van der Waals surface area contributed by atoms with E-state index >= 15 is 0 Å². The summed E-state index contributed by atoms with van der Waals surface area (Å²) >= 11 is 0. The first-order valence-electron chi connectivity index (χ1n) is 11.5. The fourth-order valence-corrected chi connectivity index (χ4v) is 4.71. The number of fused-ring (bicyclic) bond motifs is 1. The maximum atomic E-state index is 11.5. The number of piperazine rings is 1. The number of hydrogen-bond donors (Lipinski definition) is 3. The van der Waals surface area contributed by atoms with Crippen LogP contribution in [0.5, 0.6) is 0 Å². The van der Waals surface area contributed by atoms with Crippen molar-refractivity contribution in [2.75, 3.05) is 65.2 Å². The number of rotatable bonds is 6. The zero-order chi connectivity index (χ0) is 26.7. The highest BCUT2D eigenvalue weighted by atomic mass is 32.2. The van der Waals surface area contributed by atoms with E-state index < -0.39 is 20.1 Å². The molecular weight excluding hydrogens is 504 g/mol. The van der Waals surface area contributed by atoms with Gasteiger partial charge in [-0.05, 0) is 50.2 Å². The third kappa shape index (κ3) is 7.48. The highest BCUT2D eigenvalue weighted by Gasteiger charge is 2.27. The molecular formula is C23H34N6O5S2. The Bertz CT molecular complexity index is 1400. The Morgan fingerprint density at radius 2 is 1.86 bits per heavy atom. The van der Waals surface area contributed by atoms with Crippen molar-refractivity contribution in [2.24, 2.45) is 0 Å². The van der Waals surface area contributed by atoms with E-state index in [1.54, 1.807) is 6.07 Å². The summed E-state index contributed by atoms with van der Waals surface area (Å²) in [5, 5.41) is 0.981. The zero-order valence-corrected chi connectivity index (χ0v) is 22.8. The molecule has 4 rings (SSSR count). The quantitative estimate of drug-likeness (QED) is 0.404. The van der Waals surface area contributed by atoms with Gasteiger partial charge in [0.25, 0.3) is 10.1 Å². The Morgan fingerprint density at radius 3 is 2.47 bits per heavy atom. The molecule has 1 aliphatic heterocycles. The number of benzene rings is 1. The van der Waals surface area contributed by atoms with E-state index in [1.165, 1.54) is 0 Å². The summed E-state index contributed by atoms with van der Waals surface area (Å²) in [7, 11) is -4.87. The van der Waals surface area contributed by atoms with Gasteiger partial charge in [-0.1, -0.05) is 0 Å². The van der Waals surface area contributed by atoms with Crippen LogP contribution in [0.25, 0.3) is 10.9 Å². The minimum Gasteiger partial charge on any atom is -0.372 e. The van der Waals surface area contributed by atoms with Crippen molar-refractivity contribution in [3.05, 3.63) is 42.6 Å². The van der Waals surface area contributed by atoms with Crippen LogP contribution in [0.3, 0.4) is 0 Å². The van der Waals surface area contributed by atoms with Gasteiger partial charge in [-0.3, -0.25) is 9.27 Å². The lowest BCUT2D eigenvalue weighted by Gasteiger charge is -2.42. The predicted molar refractivity (Wildman–Crippen MR) is 146 cm³/mol. The molecule has 0 spiro atoms. The first-order chi connectivity index (χ1) is 16.7. The first-order valence-corrected chi connectivity index (χ1v) is 15.2. The summed E-state index contributed by atoms with van der Waals surface area (Å²) in [5.41, 5.74) is 2.71. The van der Waals surface area contributed by atoms with Gasteiger partial charge in [-0.25, -0.2) is 13.4 Å². The van der Waals surface area contributed by atoms with Gasteiger partial charge < -0.3 is 19.7 Å². The normalized spacial score (nSPS) is 16.4. The van der Waals surface area contributed by atoms with Gasteiger partial charge in [0.2, 0.25) is 10.0 Å². The van der Waals surface area contributed by atoms with E-state index in [-0.39, 0.29) is 6.04 Å². The molecule has 13 heteroatoms. The van der Waals surface area contributed by atoms with Crippen molar-refractivity contribution in [1.82, 2.24) is 9.97 Å². The highest BCUT2D eigenvalue weighted by molar-refractivity contribution is 7.92.